The normalized spacial score (nSPS) is 17.5. The molecule has 0 aromatic heterocycles. The number of hydrogen-bond donors (Lipinski definition) is 2. The van der Waals surface area contributed by atoms with Gasteiger partial charge in [-0.05, 0) is 31.5 Å². The second kappa shape index (κ2) is 7.85. The Hall–Kier alpha value is -1.79. The Morgan fingerprint density at radius 1 is 1.52 bits per heavy atom. The van der Waals surface area contributed by atoms with E-state index in [9.17, 15) is 4.79 Å². The number of amides is 1. The minimum Gasteiger partial charge on any atom is -0.493 e. The third kappa shape index (κ3) is 4.09. The molecule has 1 aromatic carbocycles. The van der Waals surface area contributed by atoms with Gasteiger partial charge in [0.05, 0.1) is 31.9 Å². The van der Waals surface area contributed by atoms with Crippen LogP contribution in [0.5, 0.6) is 11.5 Å². The Morgan fingerprint density at radius 3 is 3.05 bits per heavy atom. The van der Waals surface area contributed by atoms with Gasteiger partial charge < -0.3 is 25.3 Å². The molecule has 2 rings (SSSR count). The topological polar surface area (TPSA) is 82.8 Å². The lowest BCUT2D eigenvalue weighted by Gasteiger charge is -2.16. The Labute approximate surface area is 124 Å². The van der Waals surface area contributed by atoms with Crippen LogP contribution in [-0.2, 0) is 4.74 Å². The van der Waals surface area contributed by atoms with Gasteiger partial charge in [-0.3, -0.25) is 4.79 Å². The van der Waals surface area contributed by atoms with E-state index in [1.165, 1.54) is 0 Å². The highest BCUT2D eigenvalue weighted by Gasteiger charge is 2.22. The predicted molar refractivity (Wildman–Crippen MR) is 78.9 cm³/mol. The number of carbonyl (C=O) groups excluding carboxylic acids is 1. The van der Waals surface area contributed by atoms with Gasteiger partial charge in [0, 0.05) is 6.61 Å². The van der Waals surface area contributed by atoms with Crippen molar-refractivity contribution in [3.8, 4) is 11.5 Å². The zero-order chi connectivity index (χ0) is 15.1. The maximum atomic E-state index is 12.4. The summed E-state index contributed by atoms with van der Waals surface area (Å²) in [7, 11) is 1.55. The first-order valence-electron chi connectivity index (χ1n) is 7.14. The van der Waals surface area contributed by atoms with Crippen LogP contribution in [0.2, 0.25) is 0 Å². The SMILES string of the molecule is COc1cccc(C(=O)NC2CCOC2)c1OCCCN. The number of nitrogens with two attached hydrogens (primary N) is 1. The van der Waals surface area contributed by atoms with Gasteiger partial charge in [-0.15, -0.1) is 0 Å². The van der Waals surface area contributed by atoms with E-state index in [-0.39, 0.29) is 11.9 Å². The molecule has 6 nitrogen and oxygen atoms in total. The molecule has 116 valence electrons. The van der Waals surface area contributed by atoms with Crippen LogP contribution in [0.15, 0.2) is 18.2 Å². The fourth-order valence-corrected chi connectivity index (χ4v) is 2.17. The highest BCUT2D eigenvalue weighted by Crippen LogP contribution is 2.31. The summed E-state index contributed by atoms with van der Waals surface area (Å²) in [5, 5.41) is 2.95. The first-order chi connectivity index (χ1) is 10.3. The van der Waals surface area contributed by atoms with Gasteiger partial charge in [-0.2, -0.15) is 0 Å². The van der Waals surface area contributed by atoms with Crippen LogP contribution in [-0.4, -0.2) is 45.4 Å². The quantitative estimate of drug-likeness (QED) is 0.731. The summed E-state index contributed by atoms with van der Waals surface area (Å²) in [4.78, 5) is 12.4. The van der Waals surface area contributed by atoms with Crippen molar-refractivity contribution in [1.29, 1.82) is 0 Å². The van der Waals surface area contributed by atoms with Crippen molar-refractivity contribution in [2.75, 3.05) is 33.5 Å². The average molecular weight is 294 g/mol. The van der Waals surface area contributed by atoms with E-state index >= 15 is 0 Å². The van der Waals surface area contributed by atoms with Crippen LogP contribution in [0, 0.1) is 0 Å². The summed E-state index contributed by atoms with van der Waals surface area (Å²) >= 11 is 0. The average Bonchev–Trinajstić information content (AvgIpc) is 3.00. The second-order valence-electron chi connectivity index (χ2n) is 4.86. The van der Waals surface area contributed by atoms with E-state index in [1.54, 1.807) is 25.3 Å². The van der Waals surface area contributed by atoms with Crippen LogP contribution in [0.1, 0.15) is 23.2 Å². The molecule has 1 aromatic rings. The lowest BCUT2D eigenvalue weighted by Crippen LogP contribution is -2.35. The van der Waals surface area contributed by atoms with Gasteiger partial charge in [-0.1, -0.05) is 6.07 Å². The number of benzene rings is 1. The smallest absolute Gasteiger partial charge is 0.255 e. The Morgan fingerprint density at radius 2 is 2.38 bits per heavy atom. The van der Waals surface area contributed by atoms with Crippen LogP contribution in [0.4, 0.5) is 0 Å². The minimum absolute atomic E-state index is 0.0561. The highest BCUT2D eigenvalue weighted by molar-refractivity contribution is 5.98. The van der Waals surface area contributed by atoms with E-state index in [4.69, 9.17) is 19.9 Å². The number of carbonyl (C=O) groups is 1. The van der Waals surface area contributed by atoms with Crippen molar-refractivity contribution in [2.24, 2.45) is 5.73 Å². The molecule has 1 saturated heterocycles. The standard InChI is InChI=1S/C15H22N2O4/c1-19-13-5-2-4-12(14(13)21-8-3-7-16)15(18)17-11-6-9-20-10-11/h2,4-5,11H,3,6-10,16H2,1H3,(H,17,18). The van der Waals surface area contributed by atoms with Crippen molar-refractivity contribution < 1.29 is 19.0 Å². The predicted octanol–water partition coefficient (Wildman–Crippen LogP) is 0.941. The van der Waals surface area contributed by atoms with Crippen LogP contribution >= 0.6 is 0 Å². The van der Waals surface area contributed by atoms with Gasteiger partial charge >= 0.3 is 0 Å². The number of hydrogen-bond acceptors (Lipinski definition) is 5. The summed E-state index contributed by atoms with van der Waals surface area (Å²) in [6.07, 6.45) is 1.55. The molecule has 21 heavy (non-hydrogen) atoms. The van der Waals surface area contributed by atoms with Gasteiger partial charge in [0.15, 0.2) is 11.5 Å². The number of rotatable bonds is 7. The molecule has 6 heteroatoms. The molecule has 0 aliphatic carbocycles. The molecule has 1 atom stereocenters. The van der Waals surface area contributed by atoms with E-state index in [0.29, 0.717) is 43.4 Å². The minimum atomic E-state index is -0.174. The molecule has 0 radical (unpaired) electrons. The molecular formula is C15H22N2O4. The van der Waals surface area contributed by atoms with Crippen molar-refractivity contribution in [2.45, 2.75) is 18.9 Å². The van der Waals surface area contributed by atoms with Gasteiger partial charge in [0.25, 0.3) is 5.91 Å². The molecule has 3 N–H and O–H groups in total. The van der Waals surface area contributed by atoms with E-state index in [2.05, 4.69) is 5.32 Å². The lowest BCUT2D eigenvalue weighted by atomic mass is 10.1. The third-order valence-electron chi connectivity index (χ3n) is 3.30. The number of para-hydroxylation sites is 1. The fraction of sp³-hybridized carbons (Fsp3) is 0.533. The molecule has 1 fully saturated rings. The molecule has 1 amide bonds. The summed E-state index contributed by atoms with van der Waals surface area (Å²) in [6.45, 7) is 2.22. The van der Waals surface area contributed by atoms with Crippen LogP contribution < -0.4 is 20.5 Å². The highest BCUT2D eigenvalue weighted by atomic mass is 16.5. The van der Waals surface area contributed by atoms with Crippen LogP contribution in [0.25, 0.3) is 0 Å². The molecule has 1 aliphatic heterocycles. The molecular weight excluding hydrogens is 272 g/mol. The molecule has 1 heterocycles. The first kappa shape index (κ1) is 15.6. The van der Waals surface area contributed by atoms with Crippen molar-refractivity contribution >= 4 is 5.91 Å². The number of ether oxygens (including phenoxy) is 3. The van der Waals surface area contributed by atoms with Crippen LogP contribution in [0.3, 0.4) is 0 Å². The summed E-state index contributed by atoms with van der Waals surface area (Å²) < 4.78 is 16.2. The van der Waals surface area contributed by atoms with Gasteiger partial charge in [-0.25, -0.2) is 0 Å². The van der Waals surface area contributed by atoms with E-state index in [0.717, 1.165) is 12.8 Å². The zero-order valence-electron chi connectivity index (χ0n) is 12.3. The van der Waals surface area contributed by atoms with Crippen molar-refractivity contribution in [3.63, 3.8) is 0 Å². The maximum absolute atomic E-state index is 12.4. The molecule has 0 saturated carbocycles. The monoisotopic (exact) mass is 294 g/mol. The van der Waals surface area contributed by atoms with Crippen molar-refractivity contribution in [1.82, 2.24) is 5.32 Å². The third-order valence-corrected chi connectivity index (χ3v) is 3.30. The lowest BCUT2D eigenvalue weighted by molar-refractivity contribution is 0.0925. The maximum Gasteiger partial charge on any atom is 0.255 e. The largest absolute Gasteiger partial charge is 0.493 e. The molecule has 0 spiro atoms. The Balaban J connectivity index is 2.13. The Kier molecular flexibility index (Phi) is 5.83. The number of methoxy groups -OCH3 is 1. The second-order valence-corrected chi connectivity index (χ2v) is 4.86. The van der Waals surface area contributed by atoms with E-state index in [1.807, 2.05) is 0 Å². The fourth-order valence-electron chi connectivity index (χ4n) is 2.17. The zero-order valence-corrected chi connectivity index (χ0v) is 12.3. The molecule has 1 aliphatic rings. The first-order valence-corrected chi connectivity index (χ1v) is 7.14. The summed E-state index contributed by atoms with van der Waals surface area (Å²) in [5.41, 5.74) is 5.94. The van der Waals surface area contributed by atoms with E-state index < -0.39 is 0 Å². The summed E-state index contributed by atoms with van der Waals surface area (Å²) in [6, 6.07) is 5.33. The molecule has 1 unspecified atom stereocenters. The summed E-state index contributed by atoms with van der Waals surface area (Å²) in [5.74, 6) is 0.833. The Bertz CT molecular complexity index is 473. The van der Waals surface area contributed by atoms with Gasteiger partial charge in [0.2, 0.25) is 0 Å². The van der Waals surface area contributed by atoms with Crippen molar-refractivity contribution in [3.05, 3.63) is 23.8 Å². The van der Waals surface area contributed by atoms with Gasteiger partial charge in [0.1, 0.15) is 0 Å². The number of nitrogens with one attached hydrogen (secondary N) is 1. The molecule has 0 bridgehead atoms.